The molecule has 1 aliphatic rings. The van der Waals surface area contributed by atoms with Gasteiger partial charge in [0.1, 0.15) is 6.61 Å². The largest absolute Gasteiger partial charge is 0.456 e. The maximum Gasteiger partial charge on any atom is 0.362 e. The first kappa shape index (κ1) is 43.5. The number of likely N-dealkylation sites (tertiary alicyclic amines) is 1. The van der Waals surface area contributed by atoms with Gasteiger partial charge in [-0.2, -0.15) is 0 Å². The number of pyridine rings is 1. The summed E-state index contributed by atoms with van der Waals surface area (Å²) >= 11 is 1.02. The van der Waals surface area contributed by atoms with Gasteiger partial charge >= 0.3 is 5.97 Å². The number of nitro groups is 1. The molecule has 1 aromatic carbocycles. The highest BCUT2D eigenvalue weighted by Gasteiger charge is 2.58. The lowest BCUT2D eigenvalue weighted by atomic mass is 9.81. The zero-order valence-electron chi connectivity index (χ0n) is 32.3. The number of esters is 1. The highest BCUT2D eigenvalue weighted by molar-refractivity contribution is 8.13. The van der Waals surface area contributed by atoms with Crippen LogP contribution >= 0.6 is 19.3 Å². The molecular formula is C36H54N3O10PSSi. The lowest BCUT2D eigenvalue weighted by molar-refractivity contribution is -0.384. The number of aromatic nitrogens is 1. The van der Waals surface area contributed by atoms with Gasteiger partial charge in [-0.1, -0.05) is 32.5 Å². The van der Waals surface area contributed by atoms with Crippen LogP contribution in [0.4, 0.5) is 5.69 Å². The molecule has 0 spiro atoms. The number of benzene rings is 1. The Labute approximate surface area is 313 Å². The van der Waals surface area contributed by atoms with Crippen LogP contribution in [0, 0.1) is 16.0 Å². The van der Waals surface area contributed by atoms with Crippen LogP contribution in [0.3, 0.4) is 0 Å². The number of rotatable bonds is 17. The lowest BCUT2D eigenvalue weighted by Crippen LogP contribution is -2.69. The summed E-state index contributed by atoms with van der Waals surface area (Å²) in [5.41, 5.74) is 0.112. The molecule has 1 fully saturated rings. The number of nitro benzene ring substituents is 1. The first-order chi connectivity index (χ1) is 24.1. The van der Waals surface area contributed by atoms with Gasteiger partial charge in [-0.3, -0.25) is 29.6 Å². The highest BCUT2D eigenvalue weighted by Crippen LogP contribution is 2.58. The van der Waals surface area contributed by atoms with Gasteiger partial charge in [0.25, 0.3) is 13.3 Å². The second kappa shape index (κ2) is 17.9. The summed E-state index contributed by atoms with van der Waals surface area (Å²) in [5, 5.41) is 10.8. The van der Waals surface area contributed by atoms with Gasteiger partial charge in [-0.05, 0) is 96.4 Å². The molecule has 1 aromatic heterocycles. The molecule has 1 saturated heterocycles. The van der Waals surface area contributed by atoms with Crippen LogP contribution in [0.2, 0.25) is 18.1 Å². The van der Waals surface area contributed by atoms with Gasteiger partial charge < -0.3 is 22.7 Å². The molecule has 13 nitrogen and oxygen atoms in total. The SMILES string of the molecule is CC(C)OP(OC(C)C)(OC(C)C)=C(C(=O)OCc1ccc([N+](=O)[O-])cc1)N1C(=O)C(C(C)O[Si](C)(C)C(C)(C)C)C1CC(=O)Sc1ccncc1. The maximum absolute atomic E-state index is 14.6. The Morgan fingerprint density at radius 1 is 0.942 bits per heavy atom. The van der Waals surface area contributed by atoms with E-state index in [0.29, 0.717) is 10.5 Å². The molecule has 2 heterocycles. The molecule has 3 rings (SSSR count). The number of β-lactam (4-membered cyclic amide) rings is 1. The molecule has 16 heteroatoms. The van der Waals surface area contributed by atoms with Crippen LogP contribution in [0.15, 0.2) is 53.7 Å². The number of non-ortho nitro benzene ring substituents is 1. The van der Waals surface area contributed by atoms with E-state index >= 15 is 0 Å². The van der Waals surface area contributed by atoms with Crippen LogP contribution in [-0.2, 0) is 43.7 Å². The Morgan fingerprint density at radius 2 is 1.46 bits per heavy atom. The van der Waals surface area contributed by atoms with Crippen LogP contribution < -0.4 is 0 Å². The zero-order valence-corrected chi connectivity index (χ0v) is 35.0. The van der Waals surface area contributed by atoms with Gasteiger partial charge in [0.15, 0.2) is 13.4 Å². The number of amides is 1. The topological polar surface area (TPSA) is 157 Å². The second-order valence-corrected chi connectivity index (χ2v) is 23.0. The molecule has 0 saturated carbocycles. The second-order valence-electron chi connectivity index (χ2n) is 15.0. The first-order valence-corrected chi connectivity index (χ1v) is 22.7. The third kappa shape index (κ3) is 11.1. The number of carbonyl (C=O) groups excluding carboxylic acids is 3. The van der Waals surface area contributed by atoms with E-state index in [4.69, 9.17) is 22.7 Å². The summed E-state index contributed by atoms with van der Waals surface area (Å²) in [7, 11) is -6.29. The van der Waals surface area contributed by atoms with Crippen molar-refractivity contribution in [2.24, 2.45) is 5.92 Å². The molecule has 1 amide bonds. The molecule has 3 unspecified atom stereocenters. The van der Waals surface area contributed by atoms with Crippen molar-refractivity contribution < 1.29 is 42.0 Å². The Balaban J connectivity index is 2.22. The molecule has 0 bridgehead atoms. The number of thioether (sulfide) groups is 1. The van der Waals surface area contributed by atoms with Crippen molar-refractivity contribution in [1.29, 1.82) is 0 Å². The Bertz CT molecular complexity index is 1600. The van der Waals surface area contributed by atoms with E-state index < -0.39 is 69.1 Å². The summed E-state index contributed by atoms with van der Waals surface area (Å²) in [4.78, 5) is 59.6. The summed E-state index contributed by atoms with van der Waals surface area (Å²) in [6.45, 7) is 22.7. The molecule has 0 N–H and O–H groups in total. The average Bonchev–Trinajstić information content (AvgIpc) is 3.00. The van der Waals surface area contributed by atoms with Gasteiger partial charge in [0.05, 0.1) is 41.3 Å². The third-order valence-corrected chi connectivity index (χ3v) is 17.0. The number of carbonyl (C=O) groups is 3. The predicted octanol–water partition coefficient (Wildman–Crippen LogP) is 8.15. The van der Waals surface area contributed by atoms with Crippen molar-refractivity contribution in [2.75, 3.05) is 0 Å². The highest BCUT2D eigenvalue weighted by atomic mass is 32.2. The molecule has 1 aliphatic heterocycles. The van der Waals surface area contributed by atoms with Crippen molar-refractivity contribution in [1.82, 2.24) is 9.88 Å². The van der Waals surface area contributed by atoms with Gasteiger partial charge in [-0.15, -0.1) is 0 Å². The van der Waals surface area contributed by atoms with Crippen molar-refractivity contribution in [2.45, 2.75) is 136 Å². The molecule has 2 aromatic rings. The molecule has 3 atom stereocenters. The smallest absolute Gasteiger partial charge is 0.362 e. The Hall–Kier alpha value is -2.91. The van der Waals surface area contributed by atoms with Crippen LogP contribution in [0.1, 0.15) is 81.2 Å². The normalized spacial score (nSPS) is 17.4. The molecule has 52 heavy (non-hydrogen) atoms. The summed E-state index contributed by atoms with van der Waals surface area (Å²) in [5.74, 6) is -2.16. The third-order valence-electron chi connectivity index (χ3n) is 8.55. The quantitative estimate of drug-likeness (QED) is 0.0289. The van der Waals surface area contributed by atoms with Crippen LogP contribution in [0.5, 0.6) is 0 Å². The Morgan fingerprint density at radius 3 is 1.92 bits per heavy atom. The van der Waals surface area contributed by atoms with Crippen LogP contribution in [-0.4, -0.2) is 76.0 Å². The minimum atomic E-state index is -3.90. The van der Waals surface area contributed by atoms with Gasteiger partial charge in [0, 0.05) is 35.8 Å². The van der Waals surface area contributed by atoms with E-state index in [1.165, 1.54) is 29.2 Å². The predicted molar refractivity (Wildman–Crippen MR) is 205 cm³/mol. The summed E-state index contributed by atoms with van der Waals surface area (Å²) < 4.78 is 31.9. The fourth-order valence-corrected chi connectivity index (χ4v) is 10.5. The summed E-state index contributed by atoms with van der Waals surface area (Å²) in [6, 6.07) is 8.20. The zero-order chi connectivity index (χ0) is 39.2. The fraction of sp³-hybridized carbons (Fsp3) is 0.583. The monoisotopic (exact) mass is 779 g/mol. The standard InChI is InChI=1S/C36H54N3O10PSSi/c1-23(2)46-50(47-24(3)4,48-25(5)6)34(35(42)45-22-27-13-15-28(16-14-27)39(43)44)38-30(21-31(40)51-29-17-19-37-20-18-29)32(33(38)41)26(7)49-52(11,12)36(8,9)10/h13-20,23-26,30,32H,21-22H2,1-12H3. The lowest BCUT2D eigenvalue weighted by Gasteiger charge is -2.52. The van der Waals surface area contributed by atoms with E-state index in [2.05, 4.69) is 38.8 Å². The van der Waals surface area contributed by atoms with Crippen molar-refractivity contribution in [3.63, 3.8) is 0 Å². The maximum atomic E-state index is 14.6. The van der Waals surface area contributed by atoms with E-state index in [1.54, 1.807) is 66.1 Å². The molecule has 288 valence electrons. The minimum Gasteiger partial charge on any atom is -0.456 e. The fourth-order valence-electron chi connectivity index (χ4n) is 5.35. The van der Waals surface area contributed by atoms with E-state index in [9.17, 15) is 24.5 Å². The first-order valence-electron chi connectivity index (χ1n) is 17.4. The number of ether oxygens (including phenoxy) is 1. The van der Waals surface area contributed by atoms with Crippen molar-refractivity contribution in [3.05, 3.63) is 64.5 Å². The van der Waals surface area contributed by atoms with Crippen molar-refractivity contribution in [3.8, 4) is 0 Å². The number of nitrogens with zero attached hydrogens (tertiary/aromatic N) is 3. The van der Waals surface area contributed by atoms with Crippen LogP contribution in [0.25, 0.3) is 0 Å². The van der Waals surface area contributed by atoms with Gasteiger partial charge in [0.2, 0.25) is 11.3 Å². The number of hydrogen-bond acceptors (Lipinski definition) is 12. The van der Waals surface area contributed by atoms with Crippen molar-refractivity contribution >= 4 is 55.7 Å². The minimum absolute atomic E-state index is 0.114. The molecular weight excluding hydrogens is 726 g/mol. The molecule has 0 radical (unpaired) electrons. The van der Waals surface area contributed by atoms with E-state index in [1.807, 2.05) is 6.92 Å². The van der Waals surface area contributed by atoms with E-state index in [-0.39, 0.29) is 34.3 Å². The van der Waals surface area contributed by atoms with E-state index in [0.717, 1.165) is 11.8 Å². The molecule has 0 aliphatic carbocycles. The Kier molecular flexibility index (Phi) is 15.0. The summed E-state index contributed by atoms with van der Waals surface area (Å²) in [6.07, 6.45) is 0.915. The van der Waals surface area contributed by atoms with Gasteiger partial charge in [-0.25, -0.2) is 4.79 Å². The number of hydrogen-bond donors (Lipinski definition) is 0. The average molecular weight is 780 g/mol.